The van der Waals surface area contributed by atoms with E-state index in [1.54, 1.807) is 6.20 Å². The number of hydrogen-bond acceptors (Lipinski definition) is 7. The zero-order valence-electron chi connectivity index (χ0n) is 17.6. The summed E-state index contributed by atoms with van der Waals surface area (Å²) < 4.78 is 11.8. The number of nitrogens with one attached hydrogen (secondary N) is 1. The van der Waals surface area contributed by atoms with Crippen LogP contribution in [0.25, 0.3) is 22.2 Å². The van der Waals surface area contributed by atoms with Crippen LogP contribution in [0.5, 0.6) is 5.88 Å². The van der Waals surface area contributed by atoms with Crippen LogP contribution in [-0.2, 0) is 13.0 Å². The van der Waals surface area contributed by atoms with Gasteiger partial charge in [0.05, 0.1) is 30.1 Å². The molecule has 1 saturated carbocycles. The molecule has 0 saturated heterocycles. The first kappa shape index (κ1) is 18.4. The number of hydrogen-bond donors (Lipinski definition) is 1. The summed E-state index contributed by atoms with van der Waals surface area (Å²) in [5.74, 6) is 3.94. The zero-order chi connectivity index (χ0) is 20.9. The molecule has 1 fully saturated rings. The van der Waals surface area contributed by atoms with E-state index in [9.17, 15) is 0 Å². The van der Waals surface area contributed by atoms with Gasteiger partial charge in [-0.3, -0.25) is 5.10 Å². The van der Waals surface area contributed by atoms with Crippen LogP contribution in [0.3, 0.4) is 0 Å². The summed E-state index contributed by atoms with van der Waals surface area (Å²) in [6.45, 7) is 5.55. The molecule has 1 aliphatic carbocycles. The van der Waals surface area contributed by atoms with Crippen LogP contribution in [0.1, 0.15) is 50.0 Å². The third-order valence-corrected chi connectivity index (χ3v) is 5.80. The summed E-state index contributed by atoms with van der Waals surface area (Å²) in [4.78, 5) is 15.9. The minimum atomic E-state index is 0.0633. The van der Waals surface area contributed by atoms with E-state index < -0.39 is 0 Å². The van der Waals surface area contributed by atoms with E-state index in [0.29, 0.717) is 18.3 Å². The highest BCUT2D eigenvalue weighted by molar-refractivity contribution is 5.93. The number of oxazole rings is 1. The van der Waals surface area contributed by atoms with Gasteiger partial charge in [0.2, 0.25) is 5.88 Å². The van der Waals surface area contributed by atoms with Crippen molar-refractivity contribution in [3.63, 3.8) is 0 Å². The smallest absolute Gasteiger partial charge is 0.214 e. The molecule has 0 spiro atoms. The minimum absolute atomic E-state index is 0.0633. The molecule has 2 aliphatic rings. The number of pyridine rings is 2. The molecule has 0 amide bonds. The Bertz CT molecular complexity index is 1260. The summed E-state index contributed by atoms with van der Waals surface area (Å²) in [5.41, 5.74) is 3.85. The van der Waals surface area contributed by atoms with Gasteiger partial charge in [-0.1, -0.05) is 0 Å². The monoisotopic (exact) mass is 416 g/mol. The zero-order valence-corrected chi connectivity index (χ0v) is 17.6. The molecule has 0 radical (unpaired) electrons. The number of H-pyrrole nitrogens is 1. The van der Waals surface area contributed by atoms with Crippen molar-refractivity contribution in [2.24, 2.45) is 0 Å². The fraction of sp³-hybridized carbons (Fsp3) is 0.391. The van der Waals surface area contributed by atoms with Gasteiger partial charge < -0.3 is 14.1 Å². The van der Waals surface area contributed by atoms with Crippen molar-refractivity contribution < 1.29 is 9.15 Å². The van der Waals surface area contributed by atoms with E-state index in [-0.39, 0.29) is 6.10 Å². The molecule has 0 bridgehead atoms. The number of aromatic amines is 1. The van der Waals surface area contributed by atoms with Gasteiger partial charge in [-0.15, -0.1) is 0 Å². The van der Waals surface area contributed by atoms with Crippen molar-refractivity contribution in [2.45, 2.75) is 51.7 Å². The Labute approximate surface area is 179 Å². The van der Waals surface area contributed by atoms with Gasteiger partial charge >= 0.3 is 0 Å². The molecular formula is C23H24N6O2. The molecule has 8 heteroatoms. The summed E-state index contributed by atoms with van der Waals surface area (Å²) in [6, 6.07) is 6.01. The fourth-order valence-electron chi connectivity index (χ4n) is 4.08. The topological polar surface area (TPSA) is 93.0 Å². The predicted octanol–water partition coefficient (Wildman–Crippen LogP) is 4.24. The summed E-state index contributed by atoms with van der Waals surface area (Å²) in [5, 5.41) is 8.60. The van der Waals surface area contributed by atoms with E-state index in [4.69, 9.17) is 14.1 Å². The molecular weight excluding hydrogens is 392 g/mol. The van der Waals surface area contributed by atoms with Gasteiger partial charge in [0.15, 0.2) is 5.89 Å². The third-order valence-electron chi connectivity index (χ3n) is 5.80. The number of nitrogens with zero attached hydrogens (tertiary/aromatic N) is 5. The normalized spacial score (nSPS) is 16.2. The quantitative estimate of drug-likeness (QED) is 0.520. The van der Waals surface area contributed by atoms with Crippen LogP contribution >= 0.6 is 0 Å². The van der Waals surface area contributed by atoms with Crippen molar-refractivity contribution in [1.29, 1.82) is 0 Å². The number of rotatable bonds is 5. The fourth-order valence-corrected chi connectivity index (χ4v) is 4.08. The van der Waals surface area contributed by atoms with Gasteiger partial charge in [-0.05, 0) is 38.8 Å². The van der Waals surface area contributed by atoms with Crippen LogP contribution in [0.2, 0.25) is 0 Å². The van der Waals surface area contributed by atoms with E-state index in [2.05, 4.69) is 31.1 Å². The summed E-state index contributed by atoms with van der Waals surface area (Å²) in [6.07, 6.45) is 6.94. The van der Waals surface area contributed by atoms with E-state index in [1.165, 1.54) is 12.8 Å². The van der Waals surface area contributed by atoms with Gasteiger partial charge in [-0.25, -0.2) is 15.0 Å². The predicted molar refractivity (Wildman–Crippen MR) is 116 cm³/mol. The molecule has 1 aliphatic heterocycles. The molecule has 31 heavy (non-hydrogen) atoms. The van der Waals surface area contributed by atoms with Crippen LogP contribution in [0.15, 0.2) is 35.0 Å². The minimum Gasteiger partial charge on any atom is -0.475 e. The van der Waals surface area contributed by atoms with E-state index in [1.807, 2.05) is 32.2 Å². The van der Waals surface area contributed by atoms with Gasteiger partial charge in [-0.2, -0.15) is 5.10 Å². The SMILES string of the molecule is CC(C)Oc1cc2c(-c3ccnc(N4CCc5nc(C6CC6)oc5C4)c3)n[nH]c2cn1. The highest BCUT2D eigenvalue weighted by atomic mass is 16.5. The molecule has 1 N–H and O–H groups in total. The van der Waals surface area contributed by atoms with Gasteiger partial charge in [0, 0.05) is 42.1 Å². The molecule has 0 unspecified atom stereocenters. The average molecular weight is 416 g/mol. The lowest BCUT2D eigenvalue weighted by atomic mass is 10.1. The molecule has 4 aromatic heterocycles. The second kappa shape index (κ2) is 7.08. The highest BCUT2D eigenvalue weighted by Gasteiger charge is 2.32. The Morgan fingerprint density at radius 3 is 2.97 bits per heavy atom. The second-order valence-corrected chi connectivity index (χ2v) is 8.58. The van der Waals surface area contributed by atoms with Crippen LogP contribution in [0.4, 0.5) is 5.82 Å². The Kier molecular flexibility index (Phi) is 4.19. The van der Waals surface area contributed by atoms with Gasteiger partial charge in [0.1, 0.15) is 17.3 Å². The molecule has 6 rings (SSSR count). The standard InChI is InChI=1S/C23H24N6O2/c1-13(2)30-21-10-16-18(11-25-21)27-28-22(16)15-5-7-24-20(9-15)29-8-6-17-19(12-29)31-23(26-17)14-3-4-14/h5,7,9-11,13-14H,3-4,6,8,12H2,1-2H3,(H,27,28). The maximum absolute atomic E-state index is 6.07. The molecule has 4 aromatic rings. The first-order chi connectivity index (χ1) is 15.1. The number of anilines is 1. The van der Waals surface area contributed by atoms with E-state index in [0.717, 1.165) is 58.3 Å². The Hall–Kier alpha value is -3.42. The lowest BCUT2D eigenvalue weighted by Gasteiger charge is -2.26. The second-order valence-electron chi connectivity index (χ2n) is 8.58. The summed E-state index contributed by atoms with van der Waals surface area (Å²) in [7, 11) is 0. The van der Waals surface area contributed by atoms with Crippen LogP contribution in [-0.4, -0.2) is 37.8 Å². The third kappa shape index (κ3) is 3.41. The molecule has 8 nitrogen and oxygen atoms in total. The lowest BCUT2D eigenvalue weighted by molar-refractivity contribution is 0.233. The Balaban J connectivity index is 1.31. The first-order valence-electron chi connectivity index (χ1n) is 10.8. The first-order valence-corrected chi connectivity index (χ1v) is 10.8. The molecule has 0 aromatic carbocycles. The largest absolute Gasteiger partial charge is 0.475 e. The van der Waals surface area contributed by atoms with E-state index >= 15 is 0 Å². The lowest BCUT2D eigenvalue weighted by Crippen LogP contribution is -2.30. The van der Waals surface area contributed by atoms with Crippen molar-refractivity contribution in [1.82, 2.24) is 25.1 Å². The van der Waals surface area contributed by atoms with Crippen molar-refractivity contribution >= 4 is 16.7 Å². The average Bonchev–Trinajstić information content (AvgIpc) is 3.40. The van der Waals surface area contributed by atoms with Crippen molar-refractivity contribution in [2.75, 3.05) is 11.4 Å². The van der Waals surface area contributed by atoms with Gasteiger partial charge in [0.25, 0.3) is 0 Å². The maximum Gasteiger partial charge on any atom is 0.214 e. The molecule has 158 valence electrons. The molecule has 0 atom stereocenters. The summed E-state index contributed by atoms with van der Waals surface area (Å²) >= 11 is 0. The van der Waals surface area contributed by atoms with Crippen LogP contribution < -0.4 is 9.64 Å². The maximum atomic E-state index is 6.07. The van der Waals surface area contributed by atoms with Crippen molar-refractivity contribution in [3.8, 4) is 17.1 Å². The number of ether oxygens (including phenoxy) is 1. The number of aromatic nitrogens is 5. The number of fused-ring (bicyclic) bond motifs is 2. The van der Waals surface area contributed by atoms with Crippen LogP contribution in [0, 0.1) is 0 Å². The Morgan fingerprint density at radius 1 is 1.23 bits per heavy atom. The molecule has 5 heterocycles. The Morgan fingerprint density at radius 2 is 2.13 bits per heavy atom. The van der Waals surface area contributed by atoms with Crippen molar-refractivity contribution in [3.05, 3.63) is 47.9 Å². The highest BCUT2D eigenvalue weighted by Crippen LogP contribution is 2.41.